The Labute approximate surface area is 126 Å². The third-order valence-electron chi connectivity index (χ3n) is 2.92. The summed E-state index contributed by atoms with van der Waals surface area (Å²) in [5.74, 6) is 0. The van der Waals surface area contributed by atoms with E-state index in [1.165, 1.54) is 0 Å². The lowest BCUT2D eigenvalue weighted by Gasteiger charge is -2.15. The van der Waals surface area contributed by atoms with Crippen LogP contribution in [-0.4, -0.2) is 11.0 Å². The number of benzene rings is 1. The van der Waals surface area contributed by atoms with E-state index in [0.717, 1.165) is 15.6 Å². The zero-order chi connectivity index (χ0) is 14.4. The molecule has 20 heavy (non-hydrogen) atoms. The van der Waals surface area contributed by atoms with Gasteiger partial charge in [0.15, 0.2) is 0 Å². The van der Waals surface area contributed by atoms with Crippen LogP contribution < -0.4 is 10.6 Å². The van der Waals surface area contributed by atoms with Crippen molar-refractivity contribution < 1.29 is 4.79 Å². The first-order valence-electron chi connectivity index (χ1n) is 6.34. The third-order valence-corrected chi connectivity index (χ3v) is 3.45. The van der Waals surface area contributed by atoms with Gasteiger partial charge < -0.3 is 10.6 Å². The smallest absolute Gasteiger partial charge is 0.315 e. The molecule has 2 aromatic rings. The van der Waals surface area contributed by atoms with E-state index in [1.807, 2.05) is 43.3 Å². The van der Waals surface area contributed by atoms with Gasteiger partial charge in [-0.3, -0.25) is 4.98 Å². The van der Waals surface area contributed by atoms with Gasteiger partial charge in [0, 0.05) is 23.4 Å². The van der Waals surface area contributed by atoms with Crippen LogP contribution in [0.5, 0.6) is 0 Å². The highest BCUT2D eigenvalue weighted by Gasteiger charge is 2.08. The van der Waals surface area contributed by atoms with Crippen LogP contribution in [0.2, 0.25) is 0 Å². The first kappa shape index (κ1) is 14.5. The predicted octanol–water partition coefficient (Wildman–Crippen LogP) is 3.40. The van der Waals surface area contributed by atoms with Crippen molar-refractivity contribution >= 4 is 22.0 Å². The summed E-state index contributed by atoms with van der Waals surface area (Å²) in [5, 5.41) is 5.73. The van der Waals surface area contributed by atoms with Gasteiger partial charge in [-0.1, -0.05) is 28.1 Å². The highest BCUT2D eigenvalue weighted by atomic mass is 79.9. The van der Waals surface area contributed by atoms with Gasteiger partial charge in [0.2, 0.25) is 0 Å². The number of nitrogens with one attached hydrogen (secondary N) is 2. The molecular formula is C15H16BrN3O. The Morgan fingerprint density at radius 3 is 2.50 bits per heavy atom. The Morgan fingerprint density at radius 1 is 1.20 bits per heavy atom. The van der Waals surface area contributed by atoms with Crippen molar-refractivity contribution in [3.05, 3.63) is 64.4 Å². The van der Waals surface area contributed by atoms with Crippen molar-refractivity contribution in [2.45, 2.75) is 19.5 Å². The highest BCUT2D eigenvalue weighted by Crippen LogP contribution is 2.16. The molecule has 0 saturated heterocycles. The fourth-order valence-corrected chi connectivity index (χ4v) is 2.03. The number of pyridine rings is 1. The second-order valence-corrected chi connectivity index (χ2v) is 5.37. The maximum Gasteiger partial charge on any atom is 0.315 e. The Morgan fingerprint density at radius 2 is 1.85 bits per heavy atom. The average molecular weight is 334 g/mol. The molecule has 1 aromatic heterocycles. The Hall–Kier alpha value is -1.88. The molecule has 0 saturated carbocycles. The molecule has 0 bridgehead atoms. The summed E-state index contributed by atoms with van der Waals surface area (Å²) in [5.41, 5.74) is 2.08. The topological polar surface area (TPSA) is 54.0 Å². The van der Waals surface area contributed by atoms with Gasteiger partial charge in [0.1, 0.15) is 0 Å². The van der Waals surface area contributed by atoms with Gasteiger partial charge in [-0.2, -0.15) is 0 Å². The molecule has 0 aliphatic carbocycles. The minimum absolute atomic E-state index is 0.0412. The summed E-state index contributed by atoms with van der Waals surface area (Å²) in [6, 6.07) is 11.4. The van der Waals surface area contributed by atoms with Crippen LogP contribution in [0.25, 0.3) is 0 Å². The van der Waals surface area contributed by atoms with Gasteiger partial charge in [-0.25, -0.2) is 4.79 Å². The van der Waals surface area contributed by atoms with Gasteiger partial charge >= 0.3 is 6.03 Å². The lowest BCUT2D eigenvalue weighted by Crippen LogP contribution is -2.36. The molecule has 0 aliphatic rings. The van der Waals surface area contributed by atoms with Gasteiger partial charge in [0.05, 0.1) is 6.04 Å². The standard InChI is InChI=1S/C15H16BrN3O/c1-11(13-2-4-14(16)5-3-13)19-15(20)18-10-12-6-8-17-9-7-12/h2-9,11H,10H2,1H3,(H2,18,19,20). The van der Waals surface area contributed by atoms with Crippen molar-refractivity contribution in [3.8, 4) is 0 Å². The van der Waals surface area contributed by atoms with Crippen LogP contribution in [0, 0.1) is 0 Å². The van der Waals surface area contributed by atoms with Crippen molar-refractivity contribution in [1.29, 1.82) is 0 Å². The lowest BCUT2D eigenvalue weighted by atomic mass is 10.1. The lowest BCUT2D eigenvalue weighted by molar-refractivity contribution is 0.237. The normalized spacial score (nSPS) is 11.7. The molecule has 1 atom stereocenters. The molecule has 2 amide bonds. The van der Waals surface area contributed by atoms with E-state index in [0.29, 0.717) is 6.54 Å². The molecular weight excluding hydrogens is 318 g/mol. The van der Waals surface area contributed by atoms with Crippen molar-refractivity contribution in [3.63, 3.8) is 0 Å². The van der Waals surface area contributed by atoms with E-state index < -0.39 is 0 Å². The van der Waals surface area contributed by atoms with Crippen LogP contribution in [0.15, 0.2) is 53.3 Å². The Balaban J connectivity index is 1.83. The van der Waals surface area contributed by atoms with Crippen LogP contribution in [0.1, 0.15) is 24.1 Å². The van der Waals surface area contributed by atoms with Gasteiger partial charge in [-0.15, -0.1) is 0 Å². The SMILES string of the molecule is CC(NC(=O)NCc1ccncc1)c1ccc(Br)cc1. The number of hydrogen-bond acceptors (Lipinski definition) is 2. The number of hydrogen-bond donors (Lipinski definition) is 2. The number of urea groups is 1. The number of halogens is 1. The third kappa shape index (κ3) is 4.35. The summed E-state index contributed by atoms with van der Waals surface area (Å²) in [4.78, 5) is 15.8. The van der Waals surface area contributed by atoms with Crippen LogP contribution in [-0.2, 0) is 6.54 Å². The zero-order valence-electron chi connectivity index (χ0n) is 11.1. The molecule has 5 heteroatoms. The summed E-state index contributed by atoms with van der Waals surface area (Å²) >= 11 is 3.39. The monoisotopic (exact) mass is 333 g/mol. The minimum atomic E-state index is -0.183. The van der Waals surface area contributed by atoms with Gasteiger partial charge in [0.25, 0.3) is 0 Å². The molecule has 0 spiro atoms. The Bertz CT molecular complexity index is 557. The summed E-state index contributed by atoms with van der Waals surface area (Å²) < 4.78 is 1.02. The first-order valence-corrected chi connectivity index (χ1v) is 7.13. The molecule has 1 unspecified atom stereocenters. The second-order valence-electron chi connectivity index (χ2n) is 4.46. The quantitative estimate of drug-likeness (QED) is 0.900. The molecule has 0 radical (unpaired) electrons. The molecule has 2 rings (SSSR count). The molecule has 1 heterocycles. The predicted molar refractivity (Wildman–Crippen MR) is 82.2 cm³/mol. The number of amides is 2. The summed E-state index contributed by atoms with van der Waals surface area (Å²) in [7, 11) is 0. The largest absolute Gasteiger partial charge is 0.334 e. The number of carbonyl (C=O) groups excluding carboxylic acids is 1. The van der Waals surface area contributed by atoms with E-state index in [4.69, 9.17) is 0 Å². The number of aromatic nitrogens is 1. The maximum absolute atomic E-state index is 11.8. The molecule has 1 aromatic carbocycles. The molecule has 104 valence electrons. The Kier molecular flexibility index (Phi) is 5.12. The molecule has 2 N–H and O–H groups in total. The van der Waals surface area contributed by atoms with E-state index >= 15 is 0 Å². The first-order chi connectivity index (χ1) is 9.65. The van der Waals surface area contributed by atoms with Crippen molar-refractivity contribution in [2.24, 2.45) is 0 Å². The molecule has 4 nitrogen and oxygen atoms in total. The highest BCUT2D eigenvalue weighted by molar-refractivity contribution is 9.10. The second kappa shape index (κ2) is 7.05. The fraction of sp³-hybridized carbons (Fsp3) is 0.200. The number of carbonyl (C=O) groups is 1. The average Bonchev–Trinajstić information content (AvgIpc) is 2.47. The zero-order valence-corrected chi connectivity index (χ0v) is 12.7. The maximum atomic E-state index is 11.8. The van der Waals surface area contributed by atoms with E-state index in [2.05, 4.69) is 31.5 Å². The van der Waals surface area contributed by atoms with Crippen molar-refractivity contribution in [2.75, 3.05) is 0 Å². The molecule has 0 fully saturated rings. The van der Waals surface area contributed by atoms with E-state index in [1.54, 1.807) is 12.4 Å². The van der Waals surface area contributed by atoms with Crippen molar-refractivity contribution in [1.82, 2.24) is 15.6 Å². The van der Waals surface area contributed by atoms with E-state index in [-0.39, 0.29) is 12.1 Å². The number of rotatable bonds is 4. The van der Waals surface area contributed by atoms with Gasteiger partial charge in [-0.05, 0) is 42.3 Å². The number of nitrogens with zero attached hydrogens (tertiary/aromatic N) is 1. The van der Waals surface area contributed by atoms with E-state index in [9.17, 15) is 4.79 Å². The summed E-state index contributed by atoms with van der Waals surface area (Å²) in [6.07, 6.45) is 3.42. The van der Waals surface area contributed by atoms with Crippen LogP contribution in [0.4, 0.5) is 4.79 Å². The summed E-state index contributed by atoms with van der Waals surface area (Å²) in [6.45, 7) is 2.44. The van der Waals surface area contributed by atoms with Crippen LogP contribution >= 0.6 is 15.9 Å². The minimum Gasteiger partial charge on any atom is -0.334 e. The molecule has 0 aliphatic heterocycles. The fourth-order valence-electron chi connectivity index (χ4n) is 1.77. The van der Waals surface area contributed by atoms with Crippen LogP contribution in [0.3, 0.4) is 0 Å².